The lowest BCUT2D eigenvalue weighted by Crippen LogP contribution is -2.30. The van der Waals surface area contributed by atoms with Crippen molar-refractivity contribution >= 4 is 0 Å². The molecule has 1 N–H and O–H groups in total. The molecular weight excluding hydrogens is 188 g/mol. The Morgan fingerprint density at radius 2 is 2.20 bits per heavy atom. The van der Waals surface area contributed by atoms with Crippen LogP contribution in [0.1, 0.15) is 38.4 Å². The van der Waals surface area contributed by atoms with Crippen LogP contribution in [0.25, 0.3) is 0 Å². The number of aromatic nitrogens is 3. The van der Waals surface area contributed by atoms with Gasteiger partial charge in [0.05, 0.1) is 0 Å². The minimum atomic E-state index is 0.467. The zero-order valence-corrected chi connectivity index (χ0v) is 9.61. The fourth-order valence-corrected chi connectivity index (χ4v) is 2.19. The molecule has 0 radical (unpaired) electrons. The summed E-state index contributed by atoms with van der Waals surface area (Å²) in [6.07, 6.45) is 4.42. The second-order valence-corrected chi connectivity index (χ2v) is 4.69. The van der Waals surface area contributed by atoms with E-state index in [9.17, 15) is 0 Å². The second-order valence-electron chi connectivity index (χ2n) is 4.69. The Morgan fingerprint density at radius 3 is 2.87 bits per heavy atom. The summed E-state index contributed by atoms with van der Waals surface area (Å²) in [5, 5.41) is 11.6. The van der Waals surface area contributed by atoms with Crippen molar-refractivity contribution in [1.82, 2.24) is 20.1 Å². The smallest absolute Gasteiger partial charge is 0.135 e. The predicted molar refractivity (Wildman–Crippen MR) is 59.7 cm³/mol. The highest BCUT2D eigenvalue weighted by molar-refractivity contribution is 4.92. The number of rotatable bonds is 3. The van der Waals surface area contributed by atoms with Crippen LogP contribution >= 0.6 is 0 Å². The summed E-state index contributed by atoms with van der Waals surface area (Å²) in [4.78, 5) is 0. The first-order valence-corrected chi connectivity index (χ1v) is 5.86. The van der Waals surface area contributed by atoms with E-state index in [2.05, 4.69) is 33.9 Å². The van der Waals surface area contributed by atoms with E-state index in [0.717, 1.165) is 31.4 Å². The molecule has 1 aromatic rings. The molecule has 0 aromatic carbocycles. The minimum Gasteiger partial charge on any atom is -0.317 e. The molecule has 2 rings (SSSR count). The summed E-state index contributed by atoms with van der Waals surface area (Å²) in [6, 6.07) is 0. The van der Waals surface area contributed by atoms with Gasteiger partial charge in [-0.15, -0.1) is 10.2 Å². The molecule has 15 heavy (non-hydrogen) atoms. The predicted octanol–water partition coefficient (Wildman–Crippen LogP) is 1.40. The Balaban J connectivity index is 1.99. The van der Waals surface area contributed by atoms with Crippen molar-refractivity contribution in [2.45, 2.75) is 39.2 Å². The number of piperidine rings is 1. The van der Waals surface area contributed by atoms with E-state index < -0.39 is 0 Å². The van der Waals surface area contributed by atoms with Gasteiger partial charge in [-0.1, -0.05) is 13.8 Å². The van der Waals surface area contributed by atoms with Crippen LogP contribution in [-0.4, -0.2) is 27.9 Å². The van der Waals surface area contributed by atoms with Gasteiger partial charge in [0.1, 0.15) is 12.2 Å². The summed E-state index contributed by atoms with van der Waals surface area (Å²) in [5.41, 5.74) is 0. The minimum absolute atomic E-state index is 0.467. The molecule has 1 aromatic heterocycles. The van der Waals surface area contributed by atoms with Crippen LogP contribution in [-0.2, 0) is 6.54 Å². The molecule has 0 bridgehead atoms. The third kappa shape index (κ3) is 2.56. The third-order valence-electron chi connectivity index (χ3n) is 3.08. The van der Waals surface area contributed by atoms with Crippen LogP contribution in [0.3, 0.4) is 0 Å². The van der Waals surface area contributed by atoms with Crippen molar-refractivity contribution in [2.24, 2.45) is 5.92 Å². The van der Waals surface area contributed by atoms with Crippen LogP contribution in [0.5, 0.6) is 0 Å². The van der Waals surface area contributed by atoms with Crippen molar-refractivity contribution < 1.29 is 0 Å². The van der Waals surface area contributed by atoms with E-state index in [0.29, 0.717) is 5.92 Å². The third-order valence-corrected chi connectivity index (χ3v) is 3.08. The van der Waals surface area contributed by atoms with Gasteiger partial charge < -0.3 is 9.88 Å². The lowest BCUT2D eigenvalue weighted by Gasteiger charge is -2.23. The number of hydrogen-bond donors (Lipinski definition) is 1. The fourth-order valence-electron chi connectivity index (χ4n) is 2.19. The van der Waals surface area contributed by atoms with Gasteiger partial charge in [0, 0.05) is 12.5 Å². The lowest BCUT2D eigenvalue weighted by atomic mass is 9.98. The highest BCUT2D eigenvalue weighted by Crippen LogP contribution is 2.17. The zero-order chi connectivity index (χ0) is 10.7. The molecule has 4 nitrogen and oxygen atoms in total. The summed E-state index contributed by atoms with van der Waals surface area (Å²) in [7, 11) is 0. The van der Waals surface area contributed by atoms with Gasteiger partial charge in [0.2, 0.25) is 0 Å². The Morgan fingerprint density at radius 1 is 1.47 bits per heavy atom. The van der Waals surface area contributed by atoms with Gasteiger partial charge in [-0.05, 0) is 31.8 Å². The molecule has 1 saturated heterocycles. The topological polar surface area (TPSA) is 42.7 Å². The summed E-state index contributed by atoms with van der Waals surface area (Å²) < 4.78 is 2.22. The molecule has 0 saturated carbocycles. The molecular formula is C11H20N4. The van der Waals surface area contributed by atoms with Gasteiger partial charge in [-0.25, -0.2) is 0 Å². The van der Waals surface area contributed by atoms with Crippen LogP contribution < -0.4 is 5.32 Å². The first kappa shape index (κ1) is 10.6. The fraction of sp³-hybridized carbons (Fsp3) is 0.818. The quantitative estimate of drug-likeness (QED) is 0.816. The van der Waals surface area contributed by atoms with E-state index in [1.165, 1.54) is 12.8 Å². The maximum absolute atomic E-state index is 4.18. The van der Waals surface area contributed by atoms with Crippen molar-refractivity contribution in [3.8, 4) is 0 Å². The summed E-state index contributed by atoms with van der Waals surface area (Å²) in [6.45, 7) is 7.74. The van der Waals surface area contributed by atoms with Crippen LogP contribution in [0.4, 0.5) is 0 Å². The van der Waals surface area contributed by atoms with Crippen molar-refractivity contribution in [1.29, 1.82) is 0 Å². The van der Waals surface area contributed by atoms with Crippen molar-refractivity contribution in [2.75, 3.05) is 13.1 Å². The van der Waals surface area contributed by atoms with E-state index in [1.807, 2.05) is 6.33 Å². The number of hydrogen-bond acceptors (Lipinski definition) is 3. The molecule has 2 heterocycles. The molecule has 1 aliphatic heterocycles. The summed E-state index contributed by atoms with van der Waals surface area (Å²) in [5.74, 6) is 2.38. The Kier molecular flexibility index (Phi) is 3.36. The highest BCUT2D eigenvalue weighted by Gasteiger charge is 2.16. The van der Waals surface area contributed by atoms with E-state index >= 15 is 0 Å². The first-order chi connectivity index (χ1) is 7.27. The molecule has 0 atom stereocenters. The molecule has 1 fully saturated rings. The Bertz CT molecular complexity index is 299. The molecule has 1 aliphatic rings. The van der Waals surface area contributed by atoms with E-state index in [4.69, 9.17) is 0 Å². The molecule has 0 aliphatic carbocycles. The average Bonchev–Trinajstić information content (AvgIpc) is 2.67. The highest BCUT2D eigenvalue weighted by atomic mass is 15.3. The SMILES string of the molecule is CC(C)c1nncn1CC1CCNCC1. The maximum atomic E-state index is 4.18. The zero-order valence-electron chi connectivity index (χ0n) is 9.61. The monoisotopic (exact) mass is 208 g/mol. The maximum Gasteiger partial charge on any atom is 0.135 e. The molecule has 84 valence electrons. The van der Waals surface area contributed by atoms with E-state index in [-0.39, 0.29) is 0 Å². The van der Waals surface area contributed by atoms with Crippen molar-refractivity contribution in [3.63, 3.8) is 0 Å². The van der Waals surface area contributed by atoms with Crippen LogP contribution in [0.2, 0.25) is 0 Å². The lowest BCUT2D eigenvalue weighted by molar-refractivity contribution is 0.328. The van der Waals surface area contributed by atoms with Crippen LogP contribution in [0.15, 0.2) is 6.33 Å². The molecule has 0 spiro atoms. The Labute approximate surface area is 91.1 Å². The van der Waals surface area contributed by atoms with Gasteiger partial charge in [0.25, 0.3) is 0 Å². The normalized spacial score (nSPS) is 18.6. The van der Waals surface area contributed by atoms with Gasteiger partial charge >= 0.3 is 0 Å². The van der Waals surface area contributed by atoms with E-state index in [1.54, 1.807) is 0 Å². The van der Waals surface area contributed by atoms with Gasteiger partial charge in [-0.3, -0.25) is 0 Å². The number of nitrogens with one attached hydrogen (secondary N) is 1. The summed E-state index contributed by atoms with van der Waals surface area (Å²) >= 11 is 0. The Hall–Kier alpha value is -0.900. The van der Waals surface area contributed by atoms with Gasteiger partial charge in [0.15, 0.2) is 0 Å². The molecule has 0 amide bonds. The standard InChI is InChI=1S/C11H20N4/c1-9(2)11-14-13-8-15(11)7-10-3-5-12-6-4-10/h8-10,12H,3-7H2,1-2H3. The van der Waals surface area contributed by atoms with Crippen molar-refractivity contribution in [3.05, 3.63) is 12.2 Å². The number of nitrogens with zero attached hydrogens (tertiary/aromatic N) is 3. The average molecular weight is 208 g/mol. The molecule has 0 unspecified atom stereocenters. The molecule has 4 heteroatoms. The first-order valence-electron chi connectivity index (χ1n) is 5.86. The van der Waals surface area contributed by atoms with Crippen LogP contribution in [0, 0.1) is 5.92 Å². The largest absolute Gasteiger partial charge is 0.317 e. The second kappa shape index (κ2) is 4.75. The van der Waals surface area contributed by atoms with Gasteiger partial charge in [-0.2, -0.15) is 0 Å².